The summed E-state index contributed by atoms with van der Waals surface area (Å²) in [6, 6.07) is 12.6. The van der Waals surface area contributed by atoms with Crippen molar-refractivity contribution in [3.8, 4) is 11.1 Å². The first-order valence-corrected chi connectivity index (χ1v) is 5.23. The van der Waals surface area contributed by atoms with Crippen LogP contribution in [0.4, 0.5) is 0 Å². The van der Waals surface area contributed by atoms with Gasteiger partial charge in [0.05, 0.1) is 0 Å². The first-order valence-electron chi connectivity index (χ1n) is 4.06. The molecule has 1 aromatic carbocycles. The molecule has 0 saturated carbocycles. The Balaban J connectivity index is 2.55. The quantitative estimate of drug-likeness (QED) is 0.713. The minimum atomic E-state index is 0.690. The maximum absolute atomic E-state index is 6.06. The van der Waals surface area contributed by atoms with Crippen LogP contribution in [0.1, 0.15) is 0 Å². The van der Waals surface area contributed by atoms with Crippen molar-refractivity contribution in [2.75, 3.05) is 0 Å². The lowest BCUT2D eigenvalue weighted by molar-refractivity contribution is 1.27. The lowest BCUT2D eigenvalue weighted by Crippen LogP contribution is -1.81. The summed E-state index contributed by atoms with van der Waals surface area (Å²) in [5, 5.41) is 0.724. The van der Waals surface area contributed by atoms with Crippen molar-refractivity contribution in [1.29, 1.82) is 0 Å². The predicted octanol–water partition coefficient (Wildman–Crippen LogP) is 3.96. The number of aromatic nitrogens is 1. The van der Waals surface area contributed by atoms with Gasteiger partial charge >= 0.3 is 0 Å². The lowest BCUT2D eigenvalue weighted by Gasteiger charge is -2.02. The van der Waals surface area contributed by atoms with Gasteiger partial charge in [0, 0.05) is 22.8 Å². The Morgan fingerprint density at radius 2 is 2.00 bits per heavy atom. The van der Waals surface area contributed by atoms with E-state index in [1.807, 2.05) is 30.3 Å². The fourth-order valence-corrected chi connectivity index (χ4v) is 1.77. The average molecular weight is 268 g/mol. The van der Waals surface area contributed by atoms with Crippen LogP contribution in [0.3, 0.4) is 0 Å². The van der Waals surface area contributed by atoms with E-state index in [4.69, 9.17) is 11.6 Å². The van der Waals surface area contributed by atoms with Crippen LogP contribution >= 0.6 is 27.5 Å². The lowest BCUT2D eigenvalue weighted by atomic mass is 10.1. The molecule has 0 bridgehead atoms. The van der Waals surface area contributed by atoms with Crippen molar-refractivity contribution >= 4 is 27.5 Å². The SMILES string of the molecule is Clc1ccccc1-c1[c]c(Br)ncc1. The van der Waals surface area contributed by atoms with Crippen LogP contribution in [0.2, 0.25) is 5.02 Å². The highest BCUT2D eigenvalue weighted by molar-refractivity contribution is 9.10. The molecule has 0 N–H and O–H groups in total. The molecule has 69 valence electrons. The topological polar surface area (TPSA) is 12.9 Å². The van der Waals surface area contributed by atoms with E-state index in [-0.39, 0.29) is 0 Å². The predicted molar refractivity (Wildman–Crippen MR) is 61.2 cm³/mol. The Hall–Kier alpha value is -0.860. The molecule has 1 aromatic heterocycles. The van der Waals surface area contributed by atoms with Crippen LogP contribution in [0, 0.1) is 6.07 Å². The molecule has 0 unspecified atom stereocenters. The molecule has 0 amide bonds. The molecule has 0 aliphatic carbocycles. The molecule has 1 radical (unpaired) electrons. The molecular weight excluding hydrogens is 261 g/mol. The number of halogens is 2. The summed E-state index contributed by atoms with van der Waals surface area (Å²) in [7, 11) is 0. The van der Waals surface area contributed by atoms with Gasteiger partial charge in [-0.2, -0.15) is 0 Å². The van der Waals surface area contributed by atoms with E-state index in [9.17, 15) is 0 Å². The standard InChI is InChI=1S/C11H6BrClN/c12-11-7-8(5-6-14-11)9-3-1-2-4-10(9)13/h1-6H. The first kappa shape index (κ1) is 9.69. The van der Waals surface area contributed by atoms with E-state index in [1.165, 1.54) is 0 Å². The number of pyridine rings is 1. The summed E-state index contributed by atoms with van der Waals surface area (Å²) in [5.74, 6) is 0. The number of hydrogen-bond donors (Lipinski definition) is 0. The first-order chi connectivity index (χ1) is 6.77. The van der Waals surface area contributed by atoms with Crippen LogP contribution in [-0.2, 0) is 0 Å². The molecule has 14 heavy (non-hydrogen) atoms. The number of benzene rings is 1. The fourth-order valence-electron chi connectivity index (χ4n) is 1.20. The van der Waals surface area contributed by atoms with Gasteiger partial charge in [0.15, 0.2) is 0 Å². The van der Waals surface area contributed by atoms with Gasteiger partial charge in [-0.1, -0.05) is 29.8 Å². The third kappa shape index (κ3) is 1.97. The third-order valence-electron chi connectivity index (χ3n) is 1.83. The molecule has 1 heterocycles. The third-order valence-corrected chi connectivity index (χ3v) is 2.56. The number of hydrogen-bond acceptors (Lipinski definition) is 1. The monoisotopic (exact) mass is 266 g/mol. The Morgan fingerprint density at radius 3 is 2.71 bits per heavy atom. The van der Waals surface area contributed by atoms with Gasteiger partial charge in [0.2, 0.25) is 0 Å². The van der Waals surface area contributed by atoms with Crippen LogP contribution in [0.25, 0.3) is 11.1 Å². The molecule has 0 aliphatic rings. The van der Waals surface area contributed by atoms with Gasteiger partial charge < -0.3 is 0 Å². The summed E-state index contributed by atoms with van der Waals surface area (Å²) in [6.07, 6.45) is 1.72. The van der Waals surface area contributed by atoms with Crippen molar-refractivity contribution in [3.63, 3.8) is 0 Å². The summed E-state index contributed by atoms with van der Waals surface area (Å²) in [6.45, 7) is 0. The molecule has 2 rings (SSSR count). The number of nitrogens with zero attached hydrogens (tertiary/aromatic N) is 1. The van der Waals surface area contributed by atoms with Crippen molar-refractivity contribution in [2.45, 2.75) is 0 Å². The summed E-state index contributed by atoms with van der Waals surface area (Å²) in [5.41, 5.74) is 1.91. The minimum Gasteiger partial charge on any atom is -0.249 e. The largest absolute Gasteiger partial charge is 0.249 e. The molecular formula is C11H6BrClN. The van der Waals surface area contributed by atoms with Crippen LogP contribution in [-0.4, -0.2) is 4.98 Å². The Labute approximate surface area is 95.9 Å². The second-order valence-electron chi connectivity index (χ2n) is 2.75. The summed E-state index contributed by atoms with van der Waals surface area (Å²) < 4.78 is 0.690. The molecule has 2 aromatic rings. The summed E-state index contributed by atoms with van der Waals surface area (Å²) >= 11 is 9.33. The smallest absolute Gasteiger partial charge is 0.114 e. The Bertz CT molecular complexity index is 457. The molecule has 0 aliphatic heterocycles. The Kier molecular flexibility index (Phi) is 2.85. The van der Waals surface area contributed by atoms with E-state index in [1.54, 1.807) is 6.20 Å². The molecule has 1 nitrogen and oxygen atoms in total. The minimum absolute atomic E-state index is 0.690. The highest BCUT2D eigenvalue weighted by Crippen LogP contribution is 2.27. The van der Waals surface area contributed by atoms with E-state index < -0.39 is 0 Å². The van der Waals surface area contributed by atoms with Gasteiger partial charge in [0.1, 0.15) is 4.60 Å². The maximum atomic E-state index is 6.06. The van der Waals surface area contributed by atoms with Gasteiger partial charge in [-0.05, 0) is 33.6 Å². The average Bonchev–Trinajstić information content (AvgIpc) is 2.18. The second-order valence-corrected chi connectivity index (χ2v) is 3.91. The van der Waals surface area contributed by atoms with Crippen molar-refractivity contribution in [3.05, 3.63) is 52.2 Å². The zero-order valence-corrected chi connectivity index (χ0v) is 9.51. The molecule has 3 heteroatoms. The summed E-state index contributed by atoms with van der Waals surface area (Å²) in [4.78, 5) is 4.01. The Morgan fingerprint density at radius 1 is 1.21 bits per heavy atom. The maximum Gasteiger partial charge on any atom is 0.114 e. The van der Waals surface area contributed by atoms with Gasteiger partial charge in [-0.15, -0.1) is 0 Å². The van der Waals surface area contributed by atoms with Crippen molar-refractivity contribution in [1.82, 2.24) is 4.98 Å². The fraction of sp³-hybridized carbons (Fsp3) is 0. The van der Waals surface area contributed by atoms with E-state index in [0.29, 0.717) is 4.60 Å². The zero-order chi connectivity index (χ0) is 9.97. The van der Waals surface area contributed by atoms with E-state index in [0.717, 1.165) is 16.1 Å². The molecule has 0 atom stereocenters. The molecule has 0 saturated heterocycles. The van der Waals surface area contributed by atoms with Crippen molar-refractivity contribution < 1.29 is 0 Å². The van der Waals surface area contributed by atoms with E-state index in [2.05, 4.69) is 27.0 Å². The number of rotatable bonds is 1. The van der Waals surface area contributed by atoms with Crippen molar-refractivity contribution in [2.24, 2.45) is 0 Å². The second kappa shape index (κ2) is 4.11. The van der Waals surface area contributed by atoms with Crippen LogP contribution < -0.4 is 0 Å². The zero-order valence-electron chi connectivity index (χ0n) is 7.17. The molecule has 0 spiro atoms. The normalized spacial score (nSPS) is 10.1. The van der Waals surface area contributed by atoms with E-state index >= 15 is 0 Å². The van der Waals surface area contributed by atoms with Gasteiger partial charge in [0.25, 0.3) is 0 Å². The van der Waals surface area contributed by atoms with Crippen LogP contribution in [0.5, 0.6) is 0 Å². The van der Waals surface area contributed by atoms with Gasteiger partial charge in [-0.3, -0.25) is 0 Å². The van der Waals surface area contributed by atoms with Crippen LogP contribution in [0.15, 0.2) is 41.1 Å². The van der Waals surface area contributed by atoms with Gasteiger partial charge in [-0.25, -0.2) is 4.98 Å². The highest BCUT2D eigenvalue weighted by Gasteiger charge is 2.02. The molecule has 0 fully saturated rings. The highest BCUT2D eigenvalue weighted by atomic mass is 79.9.